The van der Waals surface area contributed by atoms with Gasteiger partial charge < -0.3 is 14.1 Å². The number of nitrogens with one attached hydrogen (secondary N) is 2. The Kier molecular flexibility index (Phi) is 3.35. The number of hydrogen-bond acceptors (Lipinski definition) is 5. The second-order valence-corrected chi connectivity index (χ2v) is 6.37. The molecule has 0 fully saturated rings. The maximum atomic E-state index is 13.4. The predicted octanol–water partition coefficient (Wildman–Crippen LogP) is 2.59. The third-order valence-electron chi connectivity index (χ3n) is 4.71. The molecule has 28 heavy (non-hydrogen) atoms. The molecule has 3 heterocycles. The molecular formula is C20H11FN2O5. The van der Waals surface area contributed by atoms with Gasteiger partial charge in [-0.25, -0.2) is 14.0 Å². The van der Waals surface area contributed by atoms with Gasteiger partial charge in [0.25, 0.3) is 5.56 Å². The lowest BCUT2D eigenvalue weighted by molar-refractivity contribution is 0.426. The number of ether oxygens (including phenoxy) is 1. The van der Waals surface area contributed by atoms with Crippen molar-refractivity contribution in [2.75, 3.05) is 0 Å². The van der Waals surface area contributed by atoms with E-state index in [2.05, 4.69) is 9.97 Å². The smallest absolute Gasteiger partial charge is 0.344 e. The Hall–Kier alpha value is -3.94. The second kappa shape index (κ2) is 5.78. The van der Waals surface area contributed by atoms with Crippen LogP contribution in [0.3, 0.4) is 0 Å². The van der Waals surface area contributed by atoms with E-state index in [1.54, 1.807) is 24.3 Å². The van der Waals surface area contributed by atoms with Crippen molar-refractivity contribution >= 4 is 11.0 Å². The summed E-state index contributed by atoms with van der Waals surface area (Å²) in [4.78, 5) is 41.7. The van der Waals surface area contributed by atoms with Gasteiger partial charge in [-0.1, -0.05) is 24.3 Å². The molecule has 2 aromatic heterocycles. The van der Waals surface area contributed by atoms with Gasteiger partial charge in [-0.15, -0.1) is 0 Å². The zero-order valence-electron chi connectivity index (χ0n) is 14.1. The molecule has 0 spiro atoms. The zero-order chi connectivity index (χ0) is 19.4. The molecule has 1 aliphatic heterocycles. The topological polar surface area (TPSA) is 105 Å². The number of hydrogen-bond donors (Lipinski definition) is 2. The van der Waals surface area contributed by atoms with Crippen LogP contribution < -0.4 is 21.6 Å². The van der Waals surface area contributed by atoms with E-state index >= 15 is 0 Å². The first kappa shape index (κ1) is 16.2. The Bertz CT molecular complexity index is 1420. The summed E-state index contributed by atoms with van der Waals surface area (Å²) in [5, 5.41) is 0.500. The standard InChI is InChI=1S/C20H11FN2O5/c21-10-7-5-9(6-8-10)13-14-16(11-3-1-2-4-12(11)27-19(14)25)28-17-15(13)22-20(26)23-18(17)24/h1-8,13H,(H2,22,23,24,26). The highest BCUT2D eigenvalue weighted by Gasteiger charge is 2.36. The van der Waals surface area contributed by atoms with Gasteiger partial charge in [0, 0.05) is 0 Å². The molecule has 1 aliphatic rings. The fourth-order valence-corrected chi connectivity index (χ4v) is 3.53. The van der Waals surface area contributed by atoms with Crippen LogP contribution in [-0.2, 0) is 0 Å². The molecule has 2 N–H and O–H groups in total. The lowest BCUT2D eigenvalue weighted by Crippen LogP contribution is -2.31. The van der Waals surface area contributed by atoms with Gasteiger partial charge in [0.05, 0.1) is 22.6 Å². The Balaban J connectivity index is 1.93. The molecule has 5 rings (SSSR count). The Labute approximate surface area is 155 Å². The minimum absolute atomic E-state index is 0.107. The van der Waals surface area contributed by atoms with E-state index < -0.39 is 28.6 Å². The lowest BCUT2D eigenvalue weighted by atomic mass is 9.86. The molecule has 0 saturated heterocycles. The largest absolute Gasteiger partial charge is 0.448 e. The van der Waals surface area contributed by atoms with Crippen LogP contribution in [0.25, 0.3) is 11.0 Å². The van der Waals surface area contributed by atoms with Crippen molar-refractivity contribution in [3.63, 3.8) is 0 Å². The van der Waals surface area contributed by atoms with Gasteiger partial charge in [-0.2, -0.15) is 0 Å². The van der Waals surface area contributed by atoms with Crippen LogP contribution in [0.1, 0.15) is 22.7 Å². The Morgan fingerprint density at radius 1 is 0.893 bits per heavy atom. The van der Waals surface area contributed by atoms with Crippen molar-refractivity contribution in [3.05, 3.63) is 102 Å². The highest BCUT2D eigenvalue weighted by molar-refractivity contribution is 5.86. The van der Waals surface area contributed by atoms with E-state index in [0.29, 0.717) is 16.5 Å². The summed E-state index contributed by atoms with van der Waals surface area (Å²) in [6, 6.07) is 12.2. The number of fused-ring (bicyclic) bond motifs is 4. The number of benzene rings is 2. The van der Waals surface area contributed by atoms with Gasteiger partial charge in [0.15, 0.2) is 0 Å². The van der Waals surface area contributed by atoms with Gasteiger partial charge in [0.1, 0.15) is 17.1 Å². The number of H-pyrrole nitrogens is 2. The summed E-state index contributed by atoms with van der Waals surface area (Å²) < 4.78 is 24.7. The number of rotatable bonds is 1. The van der Waals surface area contributed by atoms with Crippen molar-refractivity contribution in [1.82, 2.24) is 9.97 Å². The molecule has 1 atom stereocenters. The van der Waals surface area contributed by atoms with E-state index in [4.69, 9.17) is 9.15 Å². The average molecular weight is 378 g/mol. The quantitative estimate of drug-likeness (QED) is 0.436. The number of halogens is 1. The first-order valence-corrected chi connectivity index (χ1v) is 8.38. The SMILES string of the molecule is O=c1[nH]c2c(c(=O)[nH]1)Oc1c(c(=O)oc3ccccc13)C2c1ccc(F)cc1. The van der Waals surface area contributed by atoms with Crippen LogP contribution in [0, 0.1) is 5.82 Å². The maximum absolute atomic E-state index is 13.4. The molecule has 0 saturated carbocycles. The molecular weight excluding hydrogens is 367 g/mol. The van der Waals surface area contributed by atoms with Gasteiger partial charge in [0.2, 0.25) is 5.75 Å². The van der Waals surface area contributed by atoms with E-state index in [-0.39, 0.29) is 22.8 Å². The highest BCUT2D eigenvalue weighted by Crippen LogP contribution is 2.45. The summed E-state index contributed by atoms with van der Waals surface area (Å²) >= 11 is 0. The third-order valence-corrected chi connectivity index (χ3v) is 4.71. The summed E-state index contributed by atoms with van der Waals surface area (Å²) in [7, 11) is 0. The van der Waals surface area contributed by atoms with E-state index in [9.17, 15) is 18.8 Å². The van der Waals surface area contributed by atoms with Crippen LogP contribution in [0.5, 0.6) is 11.5 Å². The molecule has 0 aliphatic carbocycles. The molecule has 0 amide bonds. The van der Waals surface area contributed by atoms with Crippen molar-refractivity contribution in [2.45, 2.75) is 5.92 Å². The molecule has 4 aromatic rings. The second-order valence-electron chi connectivity index (χ2n) is 6.37. The first-order chi connectivity index (χ1) is 13.5. The third kappa shape index (κ3) is 2.31. The minimum Gasteiger partial charge on any atom is -0.448 e. The van der Waals surface area contributed by atoms with E-state index in [1.807, 2.05) is 0 Å². The normalized spacial score (nSPS) is 15.0. The van der Waals surface area contributed by atoms with Gasteiger partial charge in [-0.05, 0) is 29.8 Å². The average Bonchev–Trinajstić information content (AvgIpc) is 2.68. The summed E-state index contributed by atoms with van der Waals surface area (Å²) in [6.07, 6.45) is 0. The molecule has 8 heteroatoms. The van der Waals surface area contributed by atoms with Crippen LogP contribution in [0.2, 0.25) is 0 Å². The van der Waals surface area contributed by atoms with Crippen LogP contribution >= 0.6 is 0 Å². The summed E-state index contributed by atoms with van der Waals surface area (Å²) in [5.74, 6) is -1.28. The number of para-hydroxylation sites is 1. The maximum Gasteiger partial charge on any atom is 0.344 e. The van der Waals surface area contributed by atoms with Crippen molar-refractivity contribution < 1.29 is 13.5 Å². The van der Waals surface area contributed by atoms with Gasteiger partial charge >= 0.3 is 11.3 Å². The predicted molar refractivity (Wildman–Crippen MR) is 97.6 cm³/mol. The van der Waals surface area contributed by atoms with E-state index in [0.717, 1.165) is 0 Å². The number of aromatic nitrogens is 2. The van der Waals surface area contributed by atoms with Crippen molar-refractivity contribution in [3.8, 4) is 11.5 Å². The zero-order valence-corrected chi connectivity index (χ0v) is 14.1. The van der Waals surface area contributed by atoms with Gasteiger partial charge in [-0.3, -0.25) is 9.78 Å². The molecule has 0 bridgehead atoms. The van der Waals surface area contributed by atoms with Crippen molar-refractivity contribution in [2.24, 2.45) is 0 Å². The Morgan fingerprint density at radius 3 is 2.43 bits per heavy atom. The fraction of sp³-hybridized carbons (Fsp3) is 0.0500. The summed E-state index contributed by atoms with van der Waals surface area (Å²) in [5.41, 5.74) is -1.12. The van der Waals surface area contributed by atoms with Crippen LogP contribution in [-0.4, -0.2) is 9.97 Å². The molecule has 2 aromatic carbocycles. The highest BCUT2D eigenvalue weighted by atomic mass is 19.1. The summed E-state index contributed by atoms with van der Waals surface area (Å²) in [6.45, 7) is 0. The number of aromatic amines is 2. The molecule has 7 nitrogen and oxygen atoms in total. The van der Waals surface area contributed by atoms with Crippen molar-refractivity contribution in [1.29, 1.82) is 0 Å². The lowest BCUT2D eigenvalue weighted by Gasteiger charge is -2.26. The first-order valence-electron chi connectivity index (χ1n) is 8.38. The minimum atomic E-state index is -0.866. The monoisotopic (exact) mass is 378 g/mol. The molecule has 138 valence electrons. The van der Waals surface area contributed by atoms with Crippen LogP contribution in [0.15, 0.2) is 67.3 Å². The Morgan fingerprint density at radius 2 is 1.64 bits per heavy atom. The fourth-order valence-electron chi connectivity index (χ4n) is 3.53. The van der Waals surface area contributed by atoms with E-state index in [1.165, 1.54) is 24.3 Å². The molecule has 1 unspecified atom stereocenters. The van der Waals surface area contributed by atoms with Crippen LogP contribution in [0.4, 0.5) is 4.39 Å². The molecule has 0 radical (unpaired) electrons.